The van der Waals surface area contributed by atoms with Gasteiger partial charge in [-0.25, -0.2) is 5.48 Å². The molecule has 3 aromatic carbocycles. The molecule has 0 bridgehead atoms. The molecule has 1 atom stereocenters. The van der Waals surface area contributed by atoms with Gasteiger partial charge in [-0.1, -0.05) is 36.4 Å². The van der Waals surface area contributed by atoms with Gasteiger partial charge in [-0.3, -0.25) is 14.8 Å². The summed E-state index contributed by atoms with van der Waals surface area (Å²) in [6.07, 6.45) is -0.531. The van der Waals surface area contributed by atoms with E-state index in [-0.39, 0.29) is 30.4 Å². The number of nitrogens with one attached hydrogen (secondary N) is 2. The maximum absolute atomic E-state index is 12.6. The SMILES string of the molecule is O=C(NO)c1ccc(OC(CNC(=O)c2cc3ccccc3o2)COc2ccccc2)cc1. The van der Waals surface area contributed by atoms with Crippen LogP contribution in [-0.2, 0) is 0 Å². The molecule has 8 nitrogen and oxygen atoms in total. The van der Waals surface area contributed by atoms with Gasteiger partial charge in [0, 0.05) is 10.9 Å². The van der Waals surface area contributed by atoms with Crippen molar-refractivity contribution < 1.29 is 28.7 Å². The van der Waals surface area contributed by atoms with E-state index in [9.17, 15) is 9.59 Å². The predicted octanol–water partition coefficient (Wildman–Crippen LogP) is 3.81. The fraction of sp³-hybridized carbons (Fsp3) is 0.120. The van der Waals surface area contributed by atoms with Crippen molar-refractivity contribution in [2.45, 2.75) is 6.10 Å². The van der Waals surface area contributed by atoms with E-state index in [0.29, 0.717) is 17.1 Å². The zero-order valence-corrected chi connectivity index (χ0v) is 17.6. The Morgan fingerprint density at radius 3 is 2.33 bits per heavy atom. The molecule has 1 aromatic heterocycles. The van der Waals surface area contributed by atoms with Crippen molar-refractivity contribution >= 4 is 22.8 Å². The van der Waals surface area contributed by atoms with Crippen molar-refractivity contribution in [3.05, 3.63) is 96.3 Å². The molecule has 1 unspecified atom stereocenters. The molecule has 0 aliphatic carbocycles. The minimum absolute atomic E-state index is 0.154. The van der Waals surface area contributed by atoms with Crippen molar-refractivity contribution in [2.24, 2.45) is 0 Å². The number of furan rings is 1. The number of amides is 2. The largest absolute Gasteiger partial charge is 0.490 e. The summed E-state index contributed by atoms with van der Waals surface area (Å²) in [6.45, 7) is 0.324. The molecule has 2 amide bonds. The van der Waals surface area contributed by atoms with Crippen LogP contribution in [0.1, 0.15) is 20.9 Å². The van der Waals surface area contributed by atoms with E-state index in [2.05, 4.69) is 5.32 Å². The van der Waals surface area contributed by atoms with Crippen LogP contribution in [0.25, 0.3) is 11.0 Å². The number of rotatable bonds is 9. The Morgan fingerprint density at radius 2 is 1.61 bits per heavy atom. The topological polar surface area (TPSA) is 110 Å². The van der Waals surface area contributed by atoms with E-state index in [1.807, 2.05) is 48.5 Å². The van der Waals surface area contributed by atoms with Gasteiger partial charge in [-0.15, -0.1) is 0 Å². The van der Waals surface area contributed by atoms with E-state index in [0.717, 1.165) is 5.39 Å². The predicted molar refractivity (Wildman–Crippen MR) is 121 cm³/mol. The molecule has 0 aliphatic rings. The highest BCUT2D eigenvalue weighted by molar-refractivity contribution is 5.96. The lowest BCUT2D eigenvalue weighted by atomic mass is 10.2. The number of carbonyl (C=O) groups is 2. The van der Waals surface area contributed by atoms with E-state index in [1.165, 1.54) is 12.1 Å². The summed E-state index contributed by atoms with van der Waals surface area (Å²) in [6, 6.07) is 24.6. The van der Waals surface area contributed by atoms with Gasteiger partial charge in [0.05, 0.1) is 6.54 Å². The third-order valence-electron chi connectivity index (χ3n) is 4.84. The highest BCUT2D eigenvalue weighted by Crippen LogP contribution is 2.19. The highest BCUT2D eigenvalue weighted by atomic mass is 16.5. The summed E-state index contributed by atoms with van der Waals surface area (Å²) < 4.78 is 17.4. The summed E-state index contributed by atoms with van der Waals surface area (Å²) in [5.74, 6) is 0.366. The van der Waals surface area contributed by atoms with Crippen LogP contribution in [0.2, 0.25) is 0 Å². The van der Waals surface area contributed by atoms with Gasteiger partial charge in [-0.05, 0) is 48.5 Å². The number of ether oxygens (including phenoxy) is 2. The maximum atomic E-state index is 12.6. The first-order valence-corrected chi connectivity index (χ1v) is 10.3. The zero-order chi connectivity index (χ0) is 23.0. The van der Waals surface area contributed by atoms with Crippen LogP contribution in [0.3, 0.4) is 0 Å². The average molecular weight is 446 g/mol. The Labute approximate surface area is 189 Å². The Morgan fingerprint density at radius 1 is 0.879 bits per heavy atom. The molecular formula is C25H22N2O6. The molecular weight excluding hydrogens is 424 g/mol. The molecule has 0 saturated heterocycles. The minimum Gasteiger partial charge on any atom is -0.490 e. The first kappa shape index (κ1) is 21.9. The summed E-state index contributed by atoms with van der Waals surface area (Å²) in [7, 11) is 0. The molecule has 0 radical (unpaired) electrons. The van der Waals surface area contributed by atoms with Crippen molar-refractivity contribution in [2.75, 3.05) is 13.2 Å². The van der Waals surface area contributed by atoms with Gasteiger partial charge >= 0.3 is 0 Å². The van der Waals surface area contributed by atoms with Gasteiger partial charge in [0.1, 0.15) is 29.8 Å². The normalized spacial score (nSPS) is 11.5. The molecule has 0 saturated carbocycles. The fourth-order valence-electron chi connectivity index (χ4n) is 3.17. The lowest BCUT2D eigenvalue weighted by molar-refractivity contribution is 0.0705. The van der Waals surface area contributed by atoms with Gasteiger partial charge in [-0.2, -0.15) is 0 Å². The van der Waals surface area contributed by atoms with Crippen LogP contribution >= 0.6 is 0 Å². The first-order valence-electron chi connectivity index (χ1n) is 10.3. The number of hydrogen-bond donors (Lipinski definition) is 3. The monoisotopic (exact) mass is 446 g/mol. The Balaban J connectivity index is 1.43. The van der Waals surface area contributed by atoms with E-state index in [4.69, 9.17) is 19.1 Å². The van der Waals surface area contributed by atoms with Gasteiger partial charge in [0.15, 0.2) is 5.76 Å². The molecule has 168 valence electrons. The standard InChI is InChI=1S/C25H22N2O6/c28-24(27-30)17-10-12-20(13-11-17)32-21(16-31-19-7-2-1-3-8-19)15-26-25(29)23-14-18-6-4-5-9-22(18)33-23/h1-14,21,30H,15-16H2,(H,26,29)(H,27,28). The Kier molecular flexibility index (Phi) is 6.87. The number of fused-ring (bicyclic) bond motifs is 1. The van der Waals surface area contributed by atoms with E-state index in [1.54, 1.807) is 29.7 Å². The van der Waals surface area contributed by atoms with Crippen LogP contribution in [-0.4, -0.2) is 36.3 Å². The third kappa shape index (κ3) is 5.69. The number of carbonyl (C=O) groups excluding carboxylic acids is 2. The molecule has 33 heavy (non-hydrogen) atoms. The fourth-order valence-corrected chi connectivity index (χ4v) is 3.17. The molecule has 3 N–H and O–H groups in total. The second-order valence-electron chi connectivity index (χ2n) is 7.19. The number of benzene rings is 3. The smallest absolute Gasteiger partial charge is 0.287 e. The van der Waals surface area contributed by atoms with Crippen LogP contribution < -0.4 is 20.3 Å². The van der Waals surface area contributed by atoms with Crippen LogP contribution in [0, 0.1) is 0 Å². The third-order valence-corrected chi connectivity index (χ3v) is 4.84. The number of hydrogen-bond acceptors (Lipinski definition) is 6. The Bertz CT molecular complexity index is 1190. The quantitative estimate of drug-likeness (QED) is 0.266. The first-order chi connectivity index (χ1) is 16.1. The van der Waals surface area contributed by atoms with Gasteiger partial charge < -0.3 is 19.2 Å². The highest BCUT2D eigenvalue weighted by Gasteiger charge is 2.17. The summed E-state index contributed by atoms with van der Waals surface area (Å²) in [4.78, 5) is 24.1. The average Bonchev–Trinajstić information content (AvgIpc) is 3.30. The molecule has 8 heteroatoms. The number of hydroxylamine groups is 1. The van der Waals surface area contributed by atoms with E-state index < -0.39 is 12.0 Å². The lowest BCUT2D eigenvalue weighted by Crippen LogP contribution is -2.39. The maximum Gasteiger partial charge on any atom is 0.287 e. The van der Waals surface area contributed by atoms with Gasteiger partial charge in [0.2, 0.25) is 0 Å². The number of para-hydroxylation sites is 2. The van der Waals surface area contributed by atoms with Crippen LogP contribution in [0.15, 0.2) is 89.3 Å². The van der Waals surface area contributed by atoms with Crippen molar-refractivity contribution in [1.82, 2.24) is 10.8 Å². The molecule has 0 spiro atoms. The second-order valence-corrected chi connectivity index (χ2v) is 7.19. The molecule has 4 aromatic rings. The molecule has 0 fully saturated rings. The summed E-state index contributed by atoms with van der Waals surface area (Å²) in [5, 5.41) is 12.4. The van der Waals surface area contributed by atoms with Crippen LogP contribution in [0.4, 0.5) is 0 Å². The lowest BCUT2D eigenvalue weighted by Gasteiger charge is -2.20. The Hall–Kier alpha value is -4.30. The second kappa shape index (κ2) is 10.3. The van der Waals surface area contributed by atoms with Crippen molar-refractivity contribution in [3.8, 4) is 11.5 Å². The van der Waals surface area contributed by atoms with Gasteiger partial charge in [0.25, 0.3) is 11.8 Å². The summed E-state index contributed by atoms with van der Waals surface area (Å²) in [5.41, 5.74) is 2.49. The van der Waals surface area contributed by atoms with Crippen LogP contribution in [0.5, 0.6) is 11.5 Å². The molecule has 0 aliphatic heterocycles. The molecule has 4 rings (SSSR count). The van der Waals surface area contributed by atoms with Crippen molar-refractivity contribution in [3.63, 3.8) is 0 Å². The van der Waals surface area contributed by atoms with E-state index >= 15 is 0 Å². The summed E-state index contributed by atoms with van der Waals surface area (Å²) >= 11 is 0. The molecule has 1 heterocycles. The van der Waals surface area contributed by atoms with Crippen molar-refractivity contribution in [1.29, 1.82) is 0 Å². The zero-order valence-electron chi connectivity index (χ0n) is 17.6. The minimum atomic E-state index is -0.622.